The number of fused-ring (bicyclic) bond motifs is 1. The van der Waals surface area contributed by atoms with Crippen LogP contribution < -0.4 is 5.32 Å². The molecule has 6 nitrogen and oxygen atoms in total. The van der Waals surface area contributed by atoms with Crippen LogP contribution in [0.4, 0.5) is 5.69 Å². The van der Waals surface area contributed by atoms with E-state index in [1.807, 2.05) is 36.4 Å². The molecule has 2 aromatic heterocycles. The molecule has 0 unspecified atom stereocenters. The summed E-state index contributed by atoms with van der Waals surface area (Å²) in [7, 11) is 0. The van der Waals surface area contributed by atoms with Crippen LogP contribution in [-0.4, -0.2) is 21.3 Å². The van der Waals surface area contributed by atoms with Crippen molar-refractivity contribution in [3.8, 4) is 11.3 Å². The van der Waals surface area contributed by atoms with Gasteiger partial charge in [0, 0.05) is 27.7 Å². The SMILES string of the molecule is O=C(Nc1ccc2cn[nH]c2c1)C1(c2cc(-c3ccc(Cl)cc3)on2)CC1. The predicted octanol–water partition coefficient (Wildman–Crippen LogP) is 4.54. The van der Waals surface area contributed by atoms with Crippen LogP contribution in [0.2, 0.25) is 5.02 Å². The van der Waals surface area contributed by atoms with Crippen molar-refractivity contribution >= 4 is 34.1 Å². The lowest BCUT2D eigenvalue weighted by Gasteiger charge is -2.12. The molecular formula is C20H15ClN4O2. The minimum atomic E-state index is -0.628. The Balaban J connectivity index is 1.39. The summed E-state index contributed by atoms with van der Waals surface area (Å²) in [6.45, 7) is 0. The van der Waals surface area contributed by atoms with Gasteiger partial charge in [-0.25, -0.2) is 0 Å². The normalized spacial score (nSPS) is 15.0. The Morgan fingerprint density at radius 1 is 1.15 bits per heavy atom. The highest BCUT2D eigenvalue weighted by Crippen LogP contribution is 2.49. The van der Waals surface area contributed by atoms with Crippen molar-refractivity contribution in [1.82, 2.24) is 15.4 Å². The van der Waals surface area contributed by atoms with Gasteiger partial charge in [-0.3, -0.25) is 9.89 Å². The number of aromatic amines is 1. The monoisotopic (exact) mass is 378 g/mol. The topological polar surface area (TPSA) is 83.8 Å². The Hall–Kier alpha value is -3.12. The Bertz CT molecular complexity index is 1140. The van der Waals surface area contributed by atoms with Gasteiger partial charge in [0.25, 0.3) is 0 Å². The Labute approximate surface area is 159 Å². The molecule has 134 valence electrons. The first kappa shape index (κ1) is 16.1. The third-order valence-corrected chi connectivity index (χ3v) is 5.27. The third-order valence-electron chi connectivity index (χ3n) is 5.01. The summed E-state index contributed by atoms with van der Waals surface area (Å²) in [5.41, 5.74) is 2.51. The smallest absolute Gasteiger partial charge is 0.236 e. The van der Waals surface area contributed by atoms with E-state index in [0.29, 0.717) is 16.5 Å². The predicted molar refractivity (Wildman–Crippen MR) is 103 cm³/mol. The molecular weight excluding hydrogens is 364 g/mol. The molecule has 7 heteroatoms. The minimum Gasteiger partial charge on any atom is -0.356 e. The fraction of sp³-hybridized carbons (Fsp3) is 0.150. The van der Waals surface area contributed by atoms with E-state index in [4.69, 9.17) is 16.1 Å². The van der Waals surface area contributed by atoms with Crippen LogP contribution in [0.15, 0.2) is 59.3 Å². The van der Waals surface area contributed by atoms with Gasteiger partial charge in [0.2, 0.25) is 5.91 Å². The molecule has 0 radical (unpaired) electrons. The number of halogens is 1. The summed E-state index contributed by atoms with van der Waals surface area (Å²) < 4.78 is 5.48. The molecule has 2 aromatic carbocycles. The van der Waals surface area contributed by atoms with Gasteiger partial charge in [0.1, 0.15) is 0 Å². The van der Waals surface area contributed by atoms with Gasteiger partial charge in [-0.2, -0.15) is 5.10 Å². The number of H-pyrrole nitrogens is 1. The lowest BCUT2D eigenvalue weighted by Crippen LogP contribution is -2.28. The first-order chi connectivity index (χ1) is 13.1. The van der Waals surface area contributed by atoms with Gasteiger partial charge in [-0.05, 0) is 55.3 Å². The average molecular weight is 379 g/mol. The summed E-state index contributed by atoms with van der Waals surface area (Å²) in [6, 6.07) is 14.8. The highest BCUT2D eigenvalue weighted by atomic mass is 35.5. The van der Waals surface area contributed by atoms with Crippen molar-refractivity contribution in [3.05, 3.63) is 65.4 Å². The number of anilines is 1. The summed E-state index contributed by atoms with van der Waals surface area (Å²) >= 11 is 5.93. The maximum atomic E-state index is 12.9. The first-order valence-corrected chi connectivity index (χ1v) is 9.00. The van der Waals surface area contributed by atoms with Crippen molar-refractivity contribution < 1.29 is 9.32 Å². The highest BCUT2D eigenvalue weighted by molar-refractivity contribution is 6.30. The molecule has 1 amide bonds. The van der Waals surface area contributed by atoms with E-state index in [-0.39, 0.29) is 5.91 Å². The first-order valence-electron chi connectivity index (χ1n) is 8.62. The number of hydrogen-bond acceptors (Lipinski definition) is 4. The van der Waals surface area contributed by atoms with E-state index in [9.17, 15) is 4.79 Å². The van der Waals surface area contributed by atoms with Gasteiger partial charge >= 0.3 is 0 Å². The fourth-order valence-electron chi connectivity index (χ4n) is 3.24. The lowest BCUT2D eigenvalue weighted by atomic mass is 10.00. The van der Waals surface area contributed by atoms with Crippen molar-refractivity contribution in [2.24, 2.45) is 0 Å². The summed E-state index contributed by atoms with van der Waals surface area (Å²) in [6.07, 6.45) is 3.24. The van der Waals surface area contributed by atoms with Gasteiger partial charge in [-0.1, -0.05) is 16.8 Å². The molecule has 1 aliphatic carbocycles. The van der Waals surface area contributed by atoms with Crippen molar-refractivity contribution in [3.63, 3.8) is 0 Å². The average Bonchev–Trinajstić information content (AvgIpc) is 3.12. The molecule has 0 saturated heterocycles. The number of rotatable bonds is 4. The molecule has 1 saturated carbocycles. The molecule has 0 bridgehead atoms. The summed E-state index contributed by atoms with van der Waals surface area (Å²) in [5, 5.41) is 15.7. The van der Waals surface area contributed by atoms with Crippen LogP contribution in [0.5, 0.6) is 0 Å². The van der Waals surface area contributed by atoms with Crippen LogP contribution in [-0.2, 0) is 10.2 Å². The van der Waals surface area contributed by atoms with Gasteiger partial charge in [-0.15, -0.1) is 0 Å². The van der Waals surface area contributed by atoms with Crippen molar-refractivity contribution in [2.45, 2.75) is 18.3 Å². The number of benzene rings is 2. The van der Waals surface area contributed by atoms with Crippen LogP contribution in [0, 0.1) is 0 Å². The number of nitrogens with one attached hydrogen (secondary N) is 2. The van der Waals surface area contributed by atoms with Crippen LogP contribution in [0.3, 0.4) is 0 Å². The fourth-order valence-corrected chi connectivity index (χ4v) is 3.37. The van der Waals surface area contributed by atoms with Gasteiger partial charge in [0.05, 0.1) is 22.8 Å². The van der Waals surface area contributed by atoms with E-state index in [1.54, 1.807) is 18.3 Å². The van der Waals surface area contributed by atoms with Gasteiger partial charge in [0.15, 0.2) is 5.76 Å². The zero-order valence-electron chi connectivity index (χ0n) is 14.2. The second-order valence-corrected chi connectivity index (χ2v) is 7.23. The largest absolute Gasteiger partial charge is 0.356 e. The molecule has 1 fully saturated rings. The van der Waals surface area contributed by atoms with Gasteiger partial charge < -0.3 is 9.84 Å². The number of carbonyl (C=O) groups excluding carboxylic acids is 1. The number of amides is 1. The molecule has 0 spiro atoms. The molecule has 27 heavy (non-hydrogen) atoms. The number of aromatic nitrogens is 3. The zero-order valence-corrected chi connectivity index (χ0v) is 15.0. The number of nitrogens with zero attached hydrogens (tertiary/aromatic N) is 2. The molecule has 2 heterocycles. The van der Waals surface area contributed by atoms with Crippen molar-refractivity contribution in [1.29, 1.82) is 0 Å². The van der Waals surface area contributed by atoms with E-state index < -0.39 is 5.41 Å². The second kappa shape index (κ2) is 5.96. The summed E-state index contributed by atoms with van der Waals surface area (Å²) in [4.78, 5) is 12.9. The van der Waals surface area contributed by atoms with E-state index in [1.165, 1.54) is 0 Å². The molecule has 2 N–H and O–H groups in total. The molecule has 4 aromatic rings. The number of carbonyl (C=O) groups is 1. The van der Waals surface area contributed by atoms with Crippen LogP contribution in [0.25, 0.3) is 22.2 Å². The van der Waals surface area contributed by atoms with E-state index in [2.05, 4.69) is 20.7 Å². The van der Waals surface area contributed by atoms with Crippen LogP contribution in [0.1, 0.15) is 18.5 Å². The lowest BCUT2D eigenvalue weighted by molar-refractivity contribution is -0.118. The Kier molecular flexibility index (Phi) is 3.55. The number of hydrogen-bond donors (Lipinski definition) is 2. The quantitative estimate of drug-likeness (QED) is 0.546. The second-order valence-electron chi connectivity index (χ2n) is 6.79. The van der Waals surface area contributed by atoms with E-state index >= 15 is 0 Å². The van der Waals surface area contributed by atoms with E-state index in [0.717, 1.165) is 35.0 Å². The molecule has 0 atom stereocenters. The molecule has 0 aliphatic heterocycles. The highest BCUT2D eigenvalue weighted by Gasteiger charge is 2.53. The molecule has 1 aliphatic rings. The Morgan fingerprint density at radius 3 is 2.74 bits per heavy atom. The van der Waals surface area contributed by atoms with Crippen LogP contribution >= 0.6 is 11.6 Å². The zero-order chi connectivity index (χ0) is 18.4. The summed E-state index contributed by atoms with van der Waals surface area (Å²) in [5.74, 6) is 0.553. The third kappa shape index (κ3) is 2.78. The molecule has 5 rings (SSSR count). The maximum Gasteiger partial charge on any atom is 0.236 e. The maximum absolute atomic E-state index is 12.9. The Morgan fingerprint density at radius 2 is 1.96 bits per heavy atom. The minimum absolute atomic E-state index is 0.0719. The standard InChI is InChI=1S/C20H15ClN4O2/c21-14-4-1-12(2-5-14)17-10-18(25-27-17)20(7-8-20)19(26)23-15-6-3-13-11-22-24-16(13)9-15/h1-6,9-11H,7-8H2,(H,22,24)(H,23,26). The van der Waals surface area contributed by atoms with Crippen molar-refractivity contribution in [2.75, 3.05) is 5.32 Å².